The largest absolute Gasteiger partial charge is 0.481 e. The van der Waals surface area contributed by atoms with Crippen LogP contribution >= 0.6 is 0 Å². The van der Waals surface area contributed by atoms with Gasteiger partial charge in [-0.1, -0.05) is 83.1 Å². The van der Waals surface area contributed by atoms with Gasteiger partial charge in [-0.25, -0.2) is 0 Å². The van der Waals surface area contributed by atoms with Crippen LogP contribution < -0.4 is 0 Å². The van der Waals surface area contributed by atoms with Crippen LogP contribution in [0.15, 0.2) is 24.3 Å². The second kappa shape index (κ2) is 21.1. The van der Waals surface area contributed by atoms with Crippen LogP contribution in [0.5, 0.6) is 0 Å². The summed E-state index contributed by atoms with van der Waals surface area (Å²) in [6, 6.07) is 0. The third kappa shape index (κ3) is 21.0. The number of carboxylic acid groups (broad SMARTS) is 1. The van der Waals surface area contributed by atoms with Crippen LogP contribution in [0.2, 0.25) is 0 Å². The predicted molar refractivity (Wildman–Crippen MR) is 121 cm³/mol. The lowest BCUT2D eigenvalue weighted by Crippen LogP contribution is -2.21. The number of ether oxygens (including phenoxy) is 1. The molecule has 0 saturated carbocycles. The van der Waals surface area contributed by atoms with Gasteiger partial charge in [0.2, 0.25) is 0 Å². The van der Waals surface area contributed by atoms with E-state index in [1.807, 2.05) is 6.92 Å². The third-order valence-electron chi connectivity index (χ3n) is 4.89. The lowest BCUT2D eigenvalue weighted by Gasteiger charge is -2.15. The highest BCUT2D eigenvalue weighted by atomic mass is 16.5. The molecule has 0 aromatic rings. The minimum atomic E-state index is -0.912. The Morgan fingerprint density at radius 3 is 1.97 bits per heavy atom. The number of allylic oxidation sites excluding steroid dienone is 4. The maximum atomic E-state index is 11.8. The SMILES string of the molecule is CCCCC/C=C\C/C=C\CCCCCCCCC(=O)OC(CCC)CC(=O)O. The van der Waals surface area contributed by atoms with Crippen molar-refractivity contribution in [1.29, 1.82) is 0 Å². The topological polar surface area (TPSA) is 63.6 Å². The lowest BCUT2D eigenvalue weighted by molar-refractivity contribution is -0.153. The summed E-state index contributed by atoms with van der Waals surface area (Å²) in [5.74, 6) is -1.17. The fraction of sp³-hybridized carbons (Fsp3) is 0.760. The minimum Gasteiger partial charge on any atom is -0.481 e. The predicted octanol–water partition coefficient (Wildman–Crippen LogP) is 7.38. The molecule has 0 heterocycles. The molecule has 0 radical (unpaired) electrons. The molecule has 1 N–H and O–H groups in total. The van der Waals surface area contributed by atoms with Gasteiger partial charge in [0.05, 0.1) is 6.42 Å². The normalized spacial score (nSPS) is 12.6. The molecule has 0 amide bonds. The molecule has 1 unspecified atom stereocenters. The molecule has 0 aromatic carbocycles. The van der Waals surface area contributed by atoms with E-state index in [0.717, 1.165) is 38.5 Å². The highest BCUT2D eigenvalue weighted by molar-refractivity contribution is 5.71. The van der Waals surface area contributed by atoms with Crippen molar-refractivity contribution in [2.24, 2.45) is 0 Å². The molecule has 29 heavy (non-hydrogen) atoms. The fourth-order valence-electron chi connectivity index (χ4n) is 3.22. The molecule has 4 nitrogen and oxygen atoms in total. The zero-order valence-electron chi connectivity index (χ0n) is 18.9. The number of aliphatic carboxylic acids is 1. The summed E-state index contributed by atoms with van der Waals surface area (Å²) in [6.45, 7) is 4.20. The standard InChI is InChI=1S/C25H44O4/c1-3-5-6-7-8-9-10-11-12-13-14-15-16-17-18-19-21-25(28)29-23(20-4-2)22-24(26)27/h8-9,11-12,23H,3-7,10,13-22H2,1-2H3,(H,26,27)/b9-8-,12-11-. The molecule has 0 aromatic heterocycles. The maximum absolute atomic E-state index is 11.8. The molecule has 168 valence electrons. The van der Waals surface area contributed by atoms with Crippen molar-refractivity contribution >= 4 is 11.9 Å². The summed E-state index contributed by atoms with van der Waals surface area (Å²) in [4.78, 5) is 22.6. The van der Waals surface area contributed by atoms with Crippen LogP contribution in [0.3, 0.4) is 0 Å². The van der Waals surface area contributed by atoms with Crippen molar-refractivity contribution in [2.45, 2.75) is 123 Å². The third-order valence-corrected chi connectivity index (χ3v) is 4.89. The van der Waals surface area contributed by atoms with E-state index in [2.05, 4.69) is 31.2 Å². The Balaban J connectivity index is 3.50. The molecule has 0 rings (SSSR count). The Morgan fingerprint density at radius 2 is 1.38 bits per heavy atom. The summed E-state index contributed by atoms with van der Waals surface area (Å²) in [7, 11) is 0. The minimum absolute atomic E-state index is 0.0940. The van der Waals surface area contributed by atoms with Crippen molar-refractivity contribution in [3.8, 4) is 0 Å². The monoisotopic (exact) mass is 408 g/mol. The second-order valence-corrected chi connectivity index (χ2v) is 7.83. The van der Waals surface area contributed by atoms with Crippen LogP contribution in [0, 0.1) is 0 Å². The molecule has 4 heteroatoms. The molecule has 0 spiro atoms. The Bertz CT molecular complexity index is 454. The van der Waals surface area contributed by atoms with Crippen LogP contribution in [-0.4, -0.2) is 23.1 Å². The summed E-state index contributed by atoms with van der Waals surface area (Å²) in [5.41, 5.74) is 0. The molecule has 0 saturated heterocycles. The molecule has 0 aliphatic rings. The van der Waals surface area contributed by atoms with Crippen molar-refractivity contribution in [3.05, 3.63) is 24.3 Å². The van der Waals surface area contributed by atoms with E-state index >= 15 is 0 Å². The first-order valence-corrected chi connectivity index (χ1v) is 11.8. The van der Waals surface area contributed by atoms with Gasteiger partial charge in [0, 0.05) is 6.42 Å². The molecule has 0 bridgehead atoms. The number of hydrogen-bond donors (Lipinski definition) is 1. The summed E-state index contributed by atoms with van der Waals surface area (Å²) < 4.78 is 5.29. The van der Waals surface area contributed by atoms with Crippen LogP contribution in [-0.2, 0) is 14.3 Å². The number of esters is 1. The second-order valence-electron chi connectivity index (χ2n) is 7.83. The lowest BCUT2D eigenvalue weighted by atomic mass is 10.1. The van der Waals surface area contributed by atoms with E-state index in [0.29, 0.717) is 12.8 Å². The van der Waals surface area contributed by atoms with E-state index in [1.54, 1.807) is 0 Å². The Labute approximate surface area is 178 Å². The molecular weight excluding hydrogens is 364 g/mol. The first kappa shape index (κ1) is 27.4. The highest BCUT2D eigenvalue weighted by Gasteiger charge is 2.16. The van der Waals surface area contributed by atoms with Crippen molar-refractivity contribution in [2.75, 3.05) is 0 Å². The summed E-state index contributed by atoms with van der Waals surface area (Å²) >= 11 is 0. The van der Waals surface area contributed by atoms with Gasteiger partial charge >= 0.3 is 11.9 Å². The Hall–Kier alpha value is -1.58. The fourth-order valence-corrected chi connectivity index (χ4v) is 3.22. The van der Waals surface area contributed by atoms with E-state index in [9.17, 15) is 9.59 Å². The van der Waals surface area contributed by atoms with Gasteiger partial charge < -0.3 is 9.84 Å². The zero-order valence-corrected chi connectivity index (χ0v) is 18.9. The van der Waals surface area contributed by atoms with Crippen LogP contribution in [0.4, 0.5) is 0 Å². The number of unbranched alkanes of at least 4 members (excludes halogenated alkanes) is 9. The van der Waals surface area contributed by atoms with Gasteiger partial charge in [0.25, 0.3) is 0 Å². The summed E-state index contributed by atoms with van der Waals surface area (Å²) in [5, 5.41) is 8.85. The molecule has 0 aliphatic carbocycles. The highest BCUT2D eigenvalue weighted by Crippen LogP contribution is 2.12. The molecule has 1 atom stereocenters. The number of rotatable bonds is 20. The zero-order chi connectivity index (χ0) is 21.6. The molecule has 0 fully saturated rings. The van der Waals surface area contributed by atoms with Gasteiger partial charge in [-0.15, -0.1) is 0 Å². The van der Waals surface area contributed by atoms with Crippen LogP contribution in [0.1, 0.15) is 117 Å². The number of carboxylic acids is 1. The van der Waals surface area contributed by atoms with Gasteiger partial charge in [-0.05, 0) is 44.9 Å². The number of carbonyl (C=O) groups is 2. The number of carbonyl (C=O) groups excluding carboxylic acids is 1. The van der Waals surface area contributed by atoms with Crippen molar-refractivity contribution in [3.63, 3.8) is 0 Å². The van der Waals surface area contributed by atoms with Crippen molar-refractivity contribution in [1.82, 2.24) is 0 Å². The quantitative estimate of drug-likeness (QED) is 0.130. The first-order valence-electron chi connectivity index (χ1n) is 11.8. The molecule has 0 aliphatic heterocycles. The van der Waals surface area contributed by atoms with Crippen LogP contribution in [0.25, 0.3) is 0 Å². The number of hydrogen-bond acceptors (Lipinski definition) is 3. The molecular formula is C25H44O4. The van der Waals surface area contributed by atoms with Gasteiger partial charge in [0.15, 0.2) is 0 Å². The van der Waals surface area contributed by atoms with Gasteiger partial charge in [0.1, 0.15) is 6.10 Å². The van der Waals surface area contributed by atoms with E-state index in [4.69, 9.17) is 9.84 Å². The average molecular weight is 409 g/mol. The first-order chi connectivity index (χ1) is 14.1. The van der Waals surface area contributed by atoms with E-state index in [1.165, 1.54) is 44.9 Å². The van der Waals surface area contributed by atoms with Gasteiger partial charge in [-0.2, -0.15) is 0 Å². The van der Waals surface area contributed by atoms with E-state index in [-0.39, 0.29) is 12.4 Å². The Morgan fingerprint density at radius 1 is 0.793 bits per heavy atom. The average Bonchev–Trinajstić information content (AvgIpc) is 2.67. The smallest absolute Gasteiger partial charge is 0.307 e. The van der Waals surface area contributed by atoms with Gasteiger partial charge in [-0.3, -0.25) is 9.59 Å². The van der Waals surface area contributed by atoms with E-state index < -0.39 is 12.1 Å². The maximum Gasteiger partial charge on any atom is 0.307 e. The summed E-state index contributed by atoms with van der Waals surface area (Å²) in [6.07, 6.45) is 24.4. The van der Waals surface area contributed by atoms with Crippen molar-refractivity contribution < 1.29 is 19.4 Å². The Kier molecular flexibility index (Phi) is 20.0.